The van der Waals surface area contributed by atoms with Gasteiger partial charge in [-0.3, -0.25) is 4.79 Å². The maximum atomic E-state index is 12.4. The smallest absolute Gasteiger partial charge is 0.456 e. The average Bonchev–Trinajstić information content (AvgIpc) is 2.47. The first-order chi connectivity index (χ1) is 9.68. The predicted octanol–water partition coefficient (Wildman–Crippen LogP) is 1.14. The van der Waals surface area contributed by atoms with E-state index in [0.29, 0.717) is 16.5 Å². The molecule has 2 N–H and O–H groups in total. The summed E-state index contributed by atoms with van der Waals surface area (Å²) in [7, 11) is -1.88. The Labute approximate surface area is 115 Å². The van der Waals surface area contributed by atoms with Gasteiger partial charge in [0.25, 0.3) is 0 Å². The molecule has 0 fully saturated rings. The number of hydrogen-bond acceptors (Lipinski definition) is 4. The van der Waals surface area contributed by atoms with Gasteiger partial charge in [0, 0.05) is 5.56 Å². The average molecular weight is 266 g/mol. The minimum atomic E-state index is -1.88. The van der Waals surface area contributed by atoms with Crippen molar-refractivity contribution < 1.29 is 14.5 Å². The first-order valence-corrected chi connectivity index (χ1v) is 6.16. The molecule has 0 spiro atoms. The summed E-state index contributed by atoms with van der Waals surface area (Å²) >= 11 is 0. The van der Waals surface area contributed by atoms with Gasteiger partial charge in [0.2, 0.25) is 0 Å². The molecule has 20 heavy (non-hydrogen) atoms. The Morgan fingerprint density at radius 3 is 2.25 bits per heavy atom. The van der Waals surface area contributed by atoms with E-state index in [1.54, 1.807) is 48.5 Å². The maximum Gasteiger partial charge on any atom is 0.496 e. The van der Waals surface area contributed by atoms with Crippen molar-refractivity contribution in [3.63, 3.8) is 0 Å². The van der Waals surface area contributed by atoms with Gasteiger partial charge in [0.15, 0.2) is 5.43 Å². The van der Waals surface area contributed by atoms with Gasteiger partial charge in [-0.25, -0.2) is 0 Å². The van der Waals surface area contributed by atoms with E-state index in [1.807, 2.05) is 6.07 Å². The molecule has 4 nitrogen and oxygen atoms in total. The molecule has 98 valence electrons. The molecule has 2 aromatic carbocycles. The molecule has 0 atom stereocenters. The van der Waals surface area contributed by atoms with Crippen molar-refractivity contribution in [3.8, 4) is 11.3 Å². The number of fused-ring (bicyclic) bond motifs is 1. The van der Waals surface area contributed by atoms with E-state index in [9.17, 15) is 14.8 Å². The Kier molecular flexibility index (Phi) is 3.14. The van der Waals surface area contributed by atoms with E-state index in [1.165, 1.54) is 0 Å². The predicted molar refractivity (Wildman–Crippen MR) is 77.7 cm³/mol. The van der Waals surface area contributed by atoms with Gasteiger partial charge in [-0.05, 0) is 12.1 Å². The van der Waals surface area contributed by atoms with Crippen LogP contribution in [0.15, 0.2) is 63.8 Å². The topological polar surface area (TPSA) is 70.7 Å². The monoisotopic (exact) mass is 266 g/mol. The molecule has 0 aliphatic rings. The van der Waals surface area contributed by atoms with Crippen molar-refractivity contribution in [1.29, 1.82) is 0 Å². The molecule has 0 amide bonds. The molecule has 0 unspecified atom stereocenters. The molecule has 0 saturated carbocycles. The largest absolute Gasteiger partial charge is 0.496 e. The zero-order valence-electron chi connectivity index (χ0n) is 10.5. The van der Waals surface area contributed by atoms with E-state index >= 15 is 0 Å². The summed E-state index contributed by atoms with van der Waals surface area (Å²) in [6.45, 7) is 0. The quantitative estimate of drug-likeness (QED) is 0.682. The SMILES string of the molecule is O=c1c(B(O)O)c(-c2ccccc2)oc2ccccc12. The van der Waals surface area contributed by atoms with Crippen LogP contribution < -0.4 is 10.9 Å². The normalized spacial score (nSPS) is 10.7. The summed E-state index contributed by atoms with van der Waals surface area (Å²) < 4.78 is 5.70. The summed E-state index contributed by atoms with van der Waals surface area (Å²) in [6, 6.07) is 15.6. The Morgan fingerprint density at radius 1 is 0.900 bits per heavy atom. The van der Waals surface area contributed by atoms with Crippen molar-refractivity contribution in [2.24, 2.45) is 0 Å². The van der Waals surface area contributed by atoms with Crippen LogP contribution in [-0.4, -0.2) is 17.2 Å². The third-order valence-electron chi connectivity index (χ3n) is 3.13. The molecule has 3 rings (SSSR count). The second kappa shape index (κ2) is 4.96. The summed E-state index contributed by atoms with van der Waals surface area (Å²) in [6.07, 6.45) is 0. The van der Waals surface area contributed by atoms with Crippen LogP contribution >= 0.6 is 0 Å². The van der Waals surface area contributed by atoms with Crippen molar-refractivity contribution in [2.75, 3.05) is 0 Å². The molecule has 0 saturated heterocycles. The molecule has 0 radical (unpaired) electrons. The summed E-state index contributed by atoms with van der Waals surface area (Å²) in [5.41, 5.74) is 0.467. The highest BCUT2D eigenvalue weighted by Crippen LogP contribution is 2.20. The van der Waals surface area contributed by atoms with E-state index in [0.717, 1.165) is 0 Å². The molecule has 3 aromatic rings. The number of hydrogen-bond donors (Lipinski definition) is 2. The fourth-order valence-corrected chi connectivity index (χ4v) is 2.19. The fraction of sp³-hybridized carbons (Fsp3) is 0. The van der Waals surface area contributed by atoms with Crippen LogP contribution in [0.4, 0.5) is 0 Å². The molecule has 1 heterocycles. The minimum absolute atomic E-state index is 0.144. The lowest BCUT2D eigenvalue weighted by Crippen LogP contribution is -2.42. The van der Waals surface area contributed by atoms with Gasteiger partial charge in [-0.15, -0.1) is 0 Å². The zero-order valence-corrected chi connectivity index (χ0v) is 10.5. The lowest BCUT2D eigenvalue weighted by Gasteiger charge is -2.09. The molecule has 1 aromatic heterocycles. The highest BCUT2D eigenvalue weighted by Gasteiger charge is 2.25. The van der Waals surface area contributed by atoms with Crippen molar-refractivity contribution in [1.82, 2.24) is 0 Å². The van der Waals surface area contributed by atoms with Crippen LogP contribution in [0.3, 0.4) is 0 Å². The van der Waals surface area contributed by atoms with Crippen LogP contribution in [0.25, 0.3) is 22.3 Å². The molecule has 0 bridgehead atoms. The van der Waals surface area contributed by atoms with Gasteiger partial charge in [0.1, 0.15) is 11.3 Å². The van der Waals surface area contributed by atoms with Crippen LogP contribution in [-0.2, 0) is 0 Å². The van der Waals surface area contributed by atoms with E-state index < -0.39 is 12.5 Å². The van der Waals surface area contributed by atoms with Crippen molar-refractivity contribution >= 4 is 23.6 Å². The van der Waals surface area contributed by atoms with E-state index in [4.69, 9.17) is 4.42 Å². The molecular formula is C15H11BO4. The highest BCUT2D eigenvalue weighted by atomic mass is 16.4. The third-order valence-corrected chi connectivity index (χ3v) is 3.13. The molecule has 0 aliphatic heterocycles. The van der Waals surface area contributed by atoms with Crippen LogP contribution in [0.2, 0.25) is 0 Å². The second-order valence-electron chi connectivity index (χ2n) is 4.41. The molecular weight excluding hydrogens is 255 g/mol. The number of para-hydroxylation sites is 1. The van der Waals surface area contributed by atoms with E-state index in [-0.39, 0.29) is 11.2 Å². The van der Waals surface area contributed by atoms with Crippen LogP contribution in [0.5, 0.6) is 0 Å². The number of rotatable bonds is 2. The first kappa shape index (κ1) is 12.7. The van der Waals surface area contributed by atoms with Crippen molar-refractivity contribution in [3.05, 3.63) is 64.8 Å². The summed E-state index contributed by atoms with van der Waals surface area (Å²) in [5.74, 6) is 0.185. The fourth-order valence-electron chi connectivity index (χ4n) is 2.19. The molecule has 0 aliphatic carbocycles. The summed E-state index contributed by atoms with van der Waals surface area (Å²) in [4.78, 5) is 12.4. The van der Waals surface area contributed by atoms with Gasteiger partial charge >= 0.3 is 7.12 Å². The Bertz CT molecular complexity index is 809. The second-order valence-corrected chi connectivity index (χ2v) is 4.41. The molecule has 5 heteroatoms. The van der Waals surface area contributed by atoms with Gasteiger partial charge in [-0.2, -0.15) is 0 Å². The lowest BCUT2D eigenvalue weighted by atomic mass is 9.77. The third kappa shape index (κ3) is 2.03. The van der Waals surface area contributed by atoms with E-state index in [2.05, 4.69) is 0 Å². The maximum absolute atomic E-state index is 12.4. The van der Waals surface area contributed by atoms with Crippen LogP contribution in [0.1, 0.15) is 0 Å². The van der Waals surface area contributed by atoms with Gasteiger partial charge in [-0.1, -0.05) is 42.5 Å². The minimum Gasteiger partial charge on any atom is -0.456 e. The van der Waals surface area contributed by atoms with Crippen LogP contribution in [0, 0.1) is 0 Å². The number of benzene rings is 2. The summed E-state index contributed by atoms with van der Waals surface area (Å²) in [5, 5.41) is 19.3. The van der Waals surface area contributed by atoms with Gasteiger partial charge in [0.05, 0.1) is 10.8 Å². The lowest BCUT2D eigenvalue weighted by molar-refractivity contribution is 0.424. The van der Waals surface area contributed by atoms with Crippen molar-refractivity contribution in [2.45, 2.75) is 0 Å². The van der Waals surface area contributed by atoms with Gasteiger partial charge < -0.3 is 14.5 Å². The zero-order chi connectivity index (χ0) is 14.1. The Morgan fingerprint density at radius 2 is 1.55 bits per heavy atom. The first-order valence-electron chi connectivity index (χ1n) is 6.16. The highest BCUT2D eigenvalue weighted by molar-refractivity contribution is 6.60. The Hall–Kier alpha value is -2.37. The standard InChI is InChI=1S/C15H11BO4/c17-14-11-8-4-5-9-12(11)20-15(13(14)16(18)19)10-6-2-1-3-7-10/h1-9,18-19H. The Balaban J connectivity index is 2.42.